The number of rotatable bonds is 5. The van der Waals surface area contributed by atoms with Crippen LogP contribution >= 0.6 is 15.9 Å². The van der Waals surface area contributed by atoms with Crippen LogP contribution in [-0.2, 0) is 4.74 Å². The van der Waals surface area contributed by atoms with Crippen molar-refractivity contribution < 1.29 is 18.7 Å². The zero-order valence-corrected chi connectivity index (χ0v) is 14.3. The van der Waals surface area contributed by atoms with E-state index in [0.29, 0.717) is 5.69 Å². The van der Waals surface area contributed by atoms with Crippen LogP contribution in [-0.4, -0.2) is 28.1 Å². The first-order valence-electron chi connectivity index (χ1n) is 7.21. The number of hydrogen-bond donors (Lipinski definition) is 0. The van der Waals surface area contributed by atoms with Gasteiger partial charge in [0.15, 0.2) is 11.5 Å². The summed E-state index contributed by atoms with van der Waals surface area (Å²) in [5, 5.41) is 4.22. The van der Waals surface area contributed by atoms with Crippen LogP contribution in [0.15, 0.2) is 57.7 Å². The third kappa shape index (κ3) is 3.16. The third-order valence-electron chi connectivity index (χ3n) is 3.26. The molecule has 1 aromatic carbocycles. The molecule has 0 radical (unpaired) electrons. The molecule has 0 bridgehead atoms. The van der Waals surface area contributed by atoms with Gasteiger partial charge in [-0.3, -0.25) is 4.79 Å². The SMILES string of the molecule is CCOC(=O)c1nn(-c2ccc(Br)cc2)cc1C(=O)c1ccco1. The summed E-state index contributed by atoms with van der Waals surface area (Å²) in [6.45, 7) is 1.88. The standard InChI is InChI=1S/C17H13BrN2O4/c1-2-23-17(22)15-13(16(21)14-4-3-9-24-14)10-20(19-15)12-7-5-11(18)6-8-12/h3-10H,2H2,1H3. The van der Waals surface area contributed by atoms with Crippen molar-refractivity contribution in [1.82, 2.24) is 9.78 Å². The first-order chi connectivity index (χ1) is 11.6. The molecule has 0 aliphatic rings. The Bertz CT molecular complexity index is 867. The fourth-order valence-corrected chi connectivity index (χ4v) is 2.42. The molecule has 3 aromatic rings. The molecule has 0 saturated carbocycles. The van der Waals surface area contributed by atoms with E-state index in [0.717, 1.165) is 4.47 Å². The number of ether oxygens (including phenoxy) is 1. The Hall–Kier alpha value is -2.67. The molecule has 2 aromatic heterocycles. The smallest absolute Gasteiger partial charge is 0.359 e. The second-order valence-corrected chi connectivity index (χ2v) is 5.75. The van der Waals surface area contributed by atoms with Crippen molar-refractivity contribution in [3.63, 3.8) is 0 Å². The molecule has 0 saturated heterocycles. The molecule has 2 heterocycles. The molecule has 0 aliphatic carbocycles. The highest BCUT2D eigenvalue weighted by molar-refractivity contribution is 9.10. The van der Waals surface area contributed by atoms with Gasteiger partial charge in [-0.25, -0.2) is 9.48 Å². The number of nitrogens with zero attached hydrogens (tertiary/aromatic N) is 2. The van der Waals surface area contributed by atoms with Gasteiger partial charge in [0.1, 0.15) is 0 Å². The van der Waals surface area contributed by atoms with Gasteiger partial charge in [-0.05, 0) is 43.3 Å². The van der Waals surface area contributed by atoms with Gasteiger partial charge in [-0.2, -0.15) is 5.10 Å². The molecule has 0 aliphatic heterocycles. The number of furan rings is 1. The molecule has 0 unspecified atom stereocenters. The molecular weight excluding hydrogens is 376 g/mol. The summed E-state index contributed by atoms with van der Waals surface area (Å²) in [6, 6.07) is 10.5. The summed E-state index contributed by atoms with van der Waals surface area (Å²) >= 11 is 3.36. The van der Waals surface area contributed by atoms with Gasteiger partial charge in [-0.1, -0.05) is 15.9 Å². The highest BCUT2D eigenvalue weighted by Gasteiger charge is 2.25. The number of carbonyl (C=O) groups is 2. The molecule has 6 nitrogen and oxygen atoms in total. The number of carbonyl (C=O) groups excluding carboxylic acids is 2. The topological polar surface area (TPSA) is 74.3 Å². The Morgan fingerprint density at radius 3 is 2.62 bits per heavy atom. The predicted octanol–water partition coefficient (Wildman–Crippen LogP) is 3.64. The first-order valence-corrected chi connectivity index (χ1v) is 8.00. The van der Waals surface area contributed by atoms with Crippen LogP contribution in [0.1, 0.15) is 33.5 Å². The average Bonchev–Trinajstić information content (AvgIpc) is 3.25. The molecule has 0 amide bonds. The minimum absolute atomic E-state index is 0.0406. The van der Waals surface area contributed by atoms with E-state index in [4.69, 9.17) is 9.15 Å². The normalized spacial score (nSPS) is 10.6. The van der Waals surface area contributed by atoms with Crippen LogP contribution in [0.5, 0.6) is 0 Å². The van der Waals surface area contributed by atoms with Crippen molar-refractivity contribution >= 4 is 27.7 Å². The number of benzene rings is 1. The Labute approximate surface area is 146 Å². The predicted molar refractivity (Wildman–Crippen MR) is 89.4 cm³/mol. The van der Waals surface area contributed by atoms with E-state index in [2.05, 4.69) is 21.0 Å². The Balaban J connectivity index is 2.07. The second kappa shape index (κ2) is 6.84. The lowest BCUT2D eigenvalue weighted by molar-refractivity contribution is 0.0516. The van der Waals surface area contributed by atoms with Gasteiger partial charge in [0.05, 0.1) is 24.1 Å². The van der Waals surface area contributed by atoms with Crippen LogP contribution in [0, 0.1) is 0 Å². The van der Waals surface area contributed by atoms with Crippen LogP contribution in [0.3, 0.4) is 0 Å². The highest BCUT2D eigenvalue weighted by Crippen LogP contribution is 2.19. The lowest BCUT2D eigenvalue weighted by Gasteiger charge is -2.01. The summed E-state index contributed by atoms with van der Waals surface area (Å²) in [7, 11) is 0. The van der Waals surface area contributed by atoms with Gasteiger partial charge in [0, 0.05) is 10.7 Å². The van der Waals surface area contributed by atoms with E-state index in [9.17, 15) is 9.59 Å². The number of ketones is 1. The third-order valence-corrected chi connectivity index (χ3v) is 3.79. The summed E-state index contributed by atoms with van der Waals surface area (Å²) in [5.74, 6) is -0.939. The maximum absolute atomic E-state index is 12.6. The van der Waals surface area contributed by atoms with Crippen molar-refractivity contribution in [2.24, 2.45) is 0 Å². The Morgan fingerprint density at radius 2 is 2.00 bits per heavy atom. The highest BCUT2D eigenvalue weighted by atomic mass is 79.9. The molecule has 0 atom stereocenters. The zero-order valence-electron chi connectivity index (χ0n) is 12.7. The lowest BCUT2D eigenvalue weighted by Crippen LogP contribution is -2.11. The molecule has 122 valence electrons. The molecule has 0 spiro atoms. The van der Waals surface area contributed by atoms with Crippen molar-refractivity contribution in [3.05, 3.63) is 70.3 Å². The monoisotopic (exact) mass is 388 g/mol. The minimum Gasteiger partial charge on any atom is -0.461 e. The van der Waals surface area contributed by atoms with Crippen LogP contribution in [0.4, 0.5) is 0 Å². The summed E-state index contributed by atoms with van der Waals surface area (Å²) in [5.41, 5.74) is 0.801. The van der Waals surface area contributed by atoms with E-state index in [1.54, 1.807) is 13.0 Å². The average molecular weight is 389 g/mol. The molecule has 3 rings (SSSR count). The molecule has 7 heteroatoms. The molecular formula is C17H13BrN2O4. The second-order valence-electron chi connectivity index (χ2n) is 4.84. The van der Waals surface area contributed by atoms with Crippen LogP contribution in [0.2, 0.25) is 0 Å². The van der Waals surface area contributed by atoms with Gasteiger partial charge >= 0.3 is 5.97 Å². The van der Waals surface area contributed by atoms with E-state index < -0.39 is 11.8 Å². The van der Waals surface area contributed by atoms with E-state index in [-0.39, 0.29) is 23.6 Å². The van der Waals surface area contributed by atoms with Gasteiger partial charge in [-0.15, -0.1) is 0 Å². The summed E-state index contributed by atoms with van der Waals surface area (Å²) in [4.78, 5) is 24.7. The van der Waals surface area contributed by atoms with E-state index in [1.807, 2.05) is 24.3 Å². The molecule has 24 heavy (non-hydrogen) atoms. The maximum Gasteiger partial charge on any atom is 0.359 e. The van der Waals surface area contributed by atoms with E-state index in [1.165, 1.54) is 23.2 Å². The number of hydrogen-bond acceptors (Lipinski definition) is 5. The van der Waals surface area contributed by atoms with Gasteiger partial charge in [0.2, 0.25) is 5.78 Å². The molecule has 0 N–H and O–H groups in total. The van der Waals surface area contributed by atoms with Gasteiger partial charge < -0.3 is 9.15 Å². The van der Waals surface area contributed by atoms with E-state index >= 15 is 0 Å². The van der Waals surface area contributed by atoms with Gasteiger partial charge in [0.25, 0.3) is 0 Å². The van der Waals surface area contributed by atoms with Crippen molar-refractivity contribution in [2.45, 2.75) is 6.92 Å². The molecule has 0 fully saturated rings. The summed E-state index contributed by atoms with van der Waals surface area (Å²) < 4.78 is 12.5. The Kier molecular flexibility index (Phi) is 4.61. The first kappa shape index (κ1) is 16.2. The van der Waals surface area contributed by atoms with Crippen LogP contribution < -0.4 is 0 Å². The van der Waals surface area contributed by atoms with Crippen molar-refractivity contribution in [3.8, 4) is 5.69 Å². The number of aromatic nitrogens is 2. The zero-order chi connectivity index (χ0) is 17.1. The fraction of sp³-hybridized carbons (Fsp3) is 0.118. The minimum atomic E-state index is -0.650. The quantitative estimate of drug-likeness (QED) is 0.492. The maximum atomic E-state index is 12.6. The Morgan fingerprint density at radius 1 is 1.25 bits per heavy atom. The largest absolute Gasteiger partial charge is 0.461 e. The lowest BCUT2D eigenvalue weighted by atomic mass is 10.1. The van der Waals surface area contributed by atoms with Crippen molar-refractivity contribution in [2.75, 3.05) is 6.61 Å². The van der Waals surface area contributed by atoms with Crippen LogP contribution in [0.25, 0.3) is 5.69 Å². The number of halogens is 1. The summed E-state index contributed by atoms with van der Waals surface area (Å²) in [6.07, 6.45) is 2.90. The fourth-order valence-electron chi connectivity index (χ4n) is 2.16. The number of esters is 1. The van der Waals surface area contributed by atoms with Crippen molar-refractivity contribution in [1.29, 1.82) is 0 Å².